The van der Waals surface area contributed by atoms with E-state index in [4.69, 9.17) is 14.2 Å². The van der Waals surface area contributed by atoms with Gasteiger partial charge in [-0.05, 0) is 31.0 Å². The van der Waals surface area contributed by atoms with Crippen LogP contribution in [0.15, 0.2) is 23.2 Å². The molecule has 0 bridgehead atoms. The molecule has 2 N–H and O–H groups in total. The summed E-state index contributed by atoms with van der Waals surface area (Å²) in [6.45, 7) is 5.35. The number of fused-ring (bicyclic) bond motifs is 1. The molecule has 0 aliphatic carbocycles. The first-order valence-corrected chi connectivity index (χ1v) is 7.23. The third-order valence-corrected chi connectivity index (χ3v) is 3.02. The Morgan fingerprint density at radius 3 is 2.95 bits per heavy atom. The standard InChI is InChI=1S/C15H23N3O3/c1-3-16-15(17-7-4-8-19-2)18-10-12-5-6-13-14(9-12)21-11-20-13/h5-6,9H,3-4,7-8,10-11H2,1-2H3,(H2,16,17,18). The maximum Gasteiger partial charge on any atom is 0.231 e. The van der Waals surface area contributed by atoms with Crippen LogP contribution in [0.3, 0.4) is 0 Å². The van der Waals surface area contributed by atoms with Crippen LogP contribution < -0.4 is 20.1 Å². The highest BCUT2D eigenvalue weighted by atomic mass is 16.7. The Balaban J connectivity index is 1.89. The maximum absolute atomic E-state index is 5.37. The van der Waals surface area contributed by atoms with Crippen molar-refractivity contribution in [1.29, 1.82) is 0 Å². The number of nitrogens with zero attached hydrogens (tertiary/aromatic N) is 1. The molecule has 0 aromatic heterocycles. The molecule has 0 fully saturated rings. The highest BCUT2D eigenvalue weighted by Crippen LogP contribution is 2.32. The van der Waals surface area contributed by atoms with Crippen LogP contribution in [0.2, 0.25) is 0 Å². The van der Waals surface area contributed by atoms with E-state index in [9.17, 15) is 0 Å². The summed E-state index contributed by atoms with van der Waals surface area (Å²) in [4.78, 5) is 4.56. The lowest BCUT2D eigenvalue weighted by Crippen LogP contribution is -2.38. The predicted octanol–water partition coefficient (Wildman–Crippen LogP) is 1.51. The molecule has 1 aromatic carbocycles. The third kappa shape index (κ3) is 4.82. The highest BCUT2D eigenvalue weighted by Gasteiger charge is 2.12. The molecule has 1 aliphatic rings. The number of methoxy groups -OCH3 is 1. The molecule has 21 heavy (non-hydrogen) atoms. The van der Waals surface area contributed by atoms with Gasteiger partial charge in [0.1, 0.15) is 0 Å². The number of rotatable bonds is 7. The van der Waals surface area contributed by atoms with Crippen molar-refractivity contribution in [2.45, 2.75) is 19.9 Å². The largest absolute Gasteiger partial charge is 0.454 e. The average molecular weight is 293 g/mol. The third-order valence-electron chi connectivity index (χ3n) is 3.02. The summed E-state index contributed by atoms with van der Waals surface area (Å²) in [6, 6.07) is 5.90. The molecule has 1 aliphatic heterocycles. The Bertz CT molecular complexity index is 477. The zero-order valence-electron chi connectivity index (χ0n) is 12.6. The minimum atomic E-state index is 0.297. The summed E-state index contributed by atoms with van der Waals surface area (Å²) in [5.74, 6) is 2.40. The first-order valence-electron chi connectivity index (χ1n) is 7.23. The minimum Gasteiger partial charge on any atom is -0.454 e. The second-order valence-corrected chi connectivity index (χ2v) is 4.66. The zero-order valence-corrected chi connectivity index (χ0v) is 12.6. The number of ether oxygens (including phenoxy) is 3. The van der Waals surface area contributed by atoms with Crippen LogP contribution in [0.1, 0.15) is 18.9 Å². The zero-order chi connectivity index (χ0) is 14.9. The van der Waals surface area contributed by atoms with Gasteiger partial charge in [0.25, 0.3) is 0 Å². The number of aliphatic imine (C=N–C) groups is 1. The monoisotopic (exact) mass is 293 g/mol. The summed E-state index contributed by atoms with van der Waals surface area (Å²) in [7, 11) is 1.71. The predicted molar refractivity (Wildman–Crippen MR) is 81.9 cm³/mol. The van der Waals surface area contributed by atoms with Crippen LogP contribution in [0, 0.1) is 0 Å². The van der Waals surface area contributed by atoms with E-state index in [-0.39, 0.29) is 0 Å². The Morgan fingerprint density at radius 1 is 1.29 bits per heavy atom. The Labute approximate surface area is 125 Å². The van der Waals surface area contributed by atoms with Crippen molar-refractivity contribution in [3.8, 4) is 11.5 Å². The van der Waals surface area contributed by atoms with E-state index < -0.39 is 0 Å². The van der Waals surface area contributed by atoms with Crippen molar-refractivity contribution >= 4 is 5.96 Å². The molecule has 2 rings (SSSR count). The van der Waals surface area contributed by atoms with Crippen molar-refractivity contribution in [2.24, 2.45) is 4.99 Å². The fraction of sp³-hybridized carbons (Fsp3) is 0.533. The summed E-state index contributed by atoms with van der Waals surface area (Å²) >= 11 is 0. The van der Waals surface area contributed by atoms with Gasteiger partial charge in [0, 0.05) is 26.8 Å². The van der Waals surface area contributed by atoms with Gasteiger partial charge >= 0.3 is 0 Å². The van der Waals surface area contributed by atoms with E-state index in [1.54, 1.807) is 7.11 Å². The second-order valence-electron chi connectivity index (χ2n) is 4.66. The maximum atomic E-state index is 5.37. The molecule has 6 heteroatoms. The highest BCUT2D eigenvalue weighted by molar-refractivity contribution is 5.79. The Hall–Kier alpha value is -1.95. The van der Waals surface area contributed by atoms with Gasteiger partial charge in [-0.3, -0.25) is 0 Å². The summed E-state index contributed by atoms with van der Waals surface area (Å²) in [5, 5.41) is 6.51. The molecule has 6 nitrogen and oxygen atoms in total. The SMILES string of the molecule is CCNC(=NCc1ccc2c(c1)OCO2)NCCCOC. The number of hydrogen-bond acceptors (Lipinski definition) is 4. The van der Waals surface area contributed by atoms with Crippen molar-refractivity contribution in [1.82, 2.24) is 10.6 Å². The molecule has 0 saturated heterocycles. The van der Waals surface area contributed by atoms with E-state index in [0.717, 1.165) is 49.1 Å². The number of benzene rings is 1. The summed E-state index contributed by atoms with van der Waals surface area (Å²) < 4.78 is 15.7. The molecule has 0 saturated carbocycles. The molecule has 0 atom stereocenters. The Morgan fingerprint density at radius 2 is 2.14 bits per heavy atom. The van der Waals surface area contributed by atoms with Crippen LogP contribution in [0.25, 0.3) is 0 Å². The number of guanidine groups is 1. The van der Waals surface area contributed by atoms with E-state index in [1.807, 2.05) is 25.1 Å². The van der Waals surface area contributed by atoms with E-state index in [1.165, 1.54) is 0 Å². The first-order chi connectivity index (χ1) is 10.3. The van der Waals surface area contributed by atoms with Gasteiger partial charge in [-0.2, -0.15) is 0 Å². The lowest BCUT2D eigenvalue weighted by molar-refractivity contribution is 0.174. The van der Waals surface area contributed by atoms with Crippen molar-refractivity contribution in [3.05, 3.63) is 23.8 Å². The summed E-state index contributed by atoms with van der Waals surface area (Å²) in [5.41, 5.74) is 1.09. The lowest BCUT2D eigenvalue weighted by atomic mass is 10.2. The van der Waals surface area contributed by atoms with Crippen LogP contribution in [0.4, 0.5) is 0 Å². The summed E-state index contributed by atoms with van der Waals surface area (Å²) in [6.07, 6.45) is 0.949. The smallest absolute Gasteiger partial charge is 0.231 e. The van der Waals surface area contributed by atoms with Gasteiger partial charge in [0.2, 0.25) is 6.79 Å². The van der Waals surface area contributed by atoms with Gasteiger partial charge in [0.15, 0.2) is 17.5 Å². The lowest BCUT2D eigenvalue weighted by Gasteiger charge is -2.11. The quantitative estimate of drug-likeness (QED) is 0.453. The van der Waals surface area contributed by atoms with Crippen LogP contribution in [0.5, 0.6) is 11.5 Å². The normalized spacial score (nSPS) is 13.3. The molecular formula is C15H23N3O3. The van der Waals surface area contributed by atoms with Crippen molar-refractivity contribution in [2.75, 3.05) is 33.6 Å². The van der Waals surface area contributed by atoms with Crippen molar-refractivity contribution in [3.63, 3.8) is 0 Å². The topological polar surface area (TPSA) is 64.1 Å². The fourth-order valence-electron chi connectivity index (χ4n) is 1.97. The van der Waals surface area contributed by atoms with E-state index in [0.29, 0.717) is 13.3 Å². The Kier molecular flexibility index (Phi) is 6.15. The second kappa shape index (κ2) is 8.36. The molecule has 0 unspecified atom stereocenters. The minimum absolute atomic E-state index is 0.297. The molecule has 1 aromatic rings. The van der Waals surface area contributed by atoms with Gasteiger partial charge in [-0.25, -0.2) is 4.99 Å². The van der Waals surface area contributed by atoms with Gasteiger partial charge in [-0.1, -0.05) is 6.07 Å². The fourth-order valence-corrected chi connectivity index (χ4v) is 1.97. The van der Waals surface area contributed by atoms with Gasteiger partial charge in [-0.15, -0.1) is 0 Å². The van der Waals surface area contributed by atoms with Crippen LogP contribution >= 0.6 is 0 Å². The molecule has 1 heterocycles. The van der Waals surface area contributed by atoms with Gasteiger partial charge in [0.05, 0.1) is 6.54 Å². The molecule has 0 radical (unpaired) electrons. The van der Waals surface area contributed by atoms with E-state index >= 15 is 0 Å². The van der Waals surface area contributed by atoms with Gasteiger partial charge < -0.3 is 24.8 Å². The van der Waals surface area contributed by atoms with Crippen LogP contribution in [-0.4, -0.2) is 39.6 Å². The van der Waals surface area contributed by atoms with E-state index in [2.05, 4.69) is 15.6 Å². The molecular weight excluding hydrogens is 270 g/mol. The van der Waals surface area contributed by atoms with Crippen molar-refractivity contribution < 1.29 is 14.2 Å². The molecule has 0 spiro atoms. The molecule has 0 amide bonds. The number of hydrogen-bond donors (Lipinski definition) is 2. The molecule has 116 valence electrons. The number of nitrogens with one attached hydrogen (secondary N) is 2. The average Bonchev–Trinajstić information content (AvgIpc) is 2.96. The van der Waals surface area contributed by atoms with Crippen LogP contribution in [-0.2, 0) is 11.3 Å². The first kappa shape index (κ1) is 15.4.